The number of primary sulfonamides is 1. The minimum atomic E-state index is -3.49. The zero-order chi connectivity index (χ0) is 19.7. The van der Waals surface area contributed by atoms with Gasteiger partial charge in [0.15, 0.2) is 5.96 Å². The molecular formula is C18H32IN5O3S. The number of nitrogens with one attached hydrogen (secondary N) is 2. The second-order valence-corrected chi connectivity index (χ2v) is 8.28. The smallest absolute Gasteiger partial charge is 0.210 e. The number of methoxy groups -OCH3 is 1. The second-order valence-electron chi connectivity index (χ2n) is 6.55. The van der Waals surface area contributed by atoms with Crippen molar-refractivity contribution in [3.8, 4) is 5.75 Å². The van der Waals surface area contributed by atoms with Gasteiger partial charge in [-0.2, -0.15) is 0 Å². The number of halogens is 1. The highest BCUT2D eigenvalue weighted by Gasteiger charge is 2.23. The summed E-state index contributed by atoms with van der Waals surface area (Å²) in [6, 6.07) is 8.28. The molecule has 1 atom stereocenters. The number of hydrogen-bond acceptors (Lipinski definition) is 5. The number of likely N-dealkylation sites (tertiary alicyclic amines) is 1. The normalized spacial score (nSPS) is 16.3. The fourth-order valence-electron chi connectivity index (χ4n) is 3.14. The van der Waals surface area contributed by atoms with E-state index in [1.54, 1.807) is 7.11 Å². The van der Waals surface area contributed by atoms with Crippen molar-refractivity contribution < 1.29 is 13.2 Å². The highest BCUT2D eigenvalue weighted by Crippen LogP contribution is 2.27. The van der Waals surface area contributed by atoms with Crippen LogP contribution in [0.2, 0.25) is 0 Å². The zero-order valence-electron chi connectivity index (χ0n) is 16.6. The molecule has 28 heavy (non-hydrogen) atoms. The summed E-state index contributed by atoms with van der Waals surface area (Å²) in [7, 11) is -1.83. The first-order valence-electron chi connectivity index (χ1n) is 9.33. The van der Waals surface area contributed by atoms with E-state index >= 15 is 0 Å². The molecule has 0 amide bonds. The van der Waals surface area contributed by atoms with Gasteiger partial charge in [-0.25, -0.2) is 13.6 Å². The molecule has 1 heterocycles. The molecule has 1 aromatic rings. The molecule has 1 aliphatic heterocycles. The Kier molecular flexibility index (Phi) is 11.1. The minimum Gasteiger partial charge on any atom is -0.497 e. The lowest BCUT2D eigenvalue weighted by Gasteiger charge is -2.27. The van der Waals surface area contributed by atoms with Gasteiger partial charge in [0, 0.05) is 13.1 Å². The van der Waals surface area contributed by atoms with Gasteiger partial charge in [-0.1, -0.05) is 12.1 Å². The van der Waals surface area contributed by atoms with E-state index in [2.05, 4.69) is 32.7 Å². The lowest BCUT2D eigenvalue weighted by Crippen LogP contribution is -2.41. The zero-order valence-corrected chi connectivity index (χ0v) is 19.7. The van der Waals surface area contributed by atoms with E-state index in [1.807, 2.05) is 19.1 Å². The number of hydrogen-bond donors (Lipinski definition) is 3. The lowest BCUT2D eigenvalue weighted by atomic mass is 10.1. The first-order chi connectivity index (χ1) is 12.9. The van der Waals surface area contributed by atoms with Crippen molar-refractivity contribution in [3.05, 3.63) is 29.8 Å². The first-order valence-corrected chi connectivity index (χ1v) is 11.0. The predicted molar refractivity (Wildman–Crippen MR) is 124 cm³/mol. The first kappa shape index (κ1) is 24.9. The highest BCUT2D eigenvalue weighted by molar-refractivity contribution is 14.0. The second kappa shape index (κ2) is 12.5. The van der Waals surface area contributed by atoms with Gasteiger partial charge in [-0.15, -0.1) is 24.0 Å². The van der Waals surface area contributed by atoms with E-state index in [0.717, 1.165) is 18.8 Å². The van der Waals surface area contributed by atoms with Crippen LogP contribution in [0.5, 0.6) is 5.75 Å². The van der Waals surface area contributed by atoms with Crippen LogP contribution >= 0.6 is 24.0 Å². The third-order valence-electron chi connectivity index (χ3n) is 4.53. The number of benzene rings is 1. The van der Waals surface area contributed by atoms with Crippen LogP contribution < -0.4 is 20.5 Å². The van der Waals surface area contributed by atoms with Crippen LogP contribution in [-0.2, 0) is 10.0 Å². The van der Waals surface area contributed by atoms with Gasteiger partial charge in [-0.05, 0) is 50.6 Å². The number of nitrogens with two attached hydrogens (primary N) is 1. The molecule has 1 aliphatic rings. The molecule has 4 N–H and O–H groups in total. The molecule has 0 spiro atoms. The van der Waals surface area contributed by atoms with Crippen molar-refractivity contribution in [2.24, 2.45) is 10.1 Å². The van der Waals surface area contributed by atoms with Crippen LogP contribution in [-0.4, -0.2) is 64.9 Å². The molecule has 0 aliphatic carbocycles. The molecule has 1 fully saturated rings. The maximum atomic E-state index is 11.1. The molecule has 160 valence electrons. The number of sulfonamides is 1. The Morgan fingerprint density at radius 1 is 1.25 bits per heavy atom. The number of guanidine groups is 1. The number of nitrogens with zero attached hydrogens (tertiary/aromatic N) is 2. The SMILES string of the molecule is CCNC(=NCC(c1ccc(OC)cc1)N1CCCC1)NCCS(N)(=O)=O.I. The fraction of sp³-hybridized carbons (Fsp3) is 0.611. The Morgan fingerprint density at radius 3 is 2.43 bits per heavy atom. The van der Waals surface area contributed by atoms with Gasteiger partial charge in [0.25, 0.3) is 0 Å². The molecule has 8 nitrogen and oxygen atoms in total. The summed E-state index contributed by atoms with van der Waals surface area (Å²) >= 11 is 0. The summed E-state index contributed by atoms with van der Waals surface area (Å²) in [5, 5.41) is 11.2. The van der Waals surface area contributed by atoms with E-state index in [1.165, 1.54) is 18.4 Å². The maximum absolute atomic E-state index is 11.1. The van der Waals surface area contributed by atoms with Gasteiger partial charge in [0.05, 0.1) is 25.4 Å². The number of aliphatic imine (C=N–C) groups is 1. The Balaban J connectivity index is 0.00000392. The van der Waals surface area contributed by atoms with E-state index in [-0.39, 0.29) is 42.3 Å². The molecule has 2 rings (SSSR count). The summed E-state index contributed by atoms with van der Waals surface area (Å²) in [5.74, 6) is 1.30. The Labute approximate surface area is 185 Å². The van der Waals surface area contributed by atoms with Crippen molar-refractivity contribution in [3.63, 3.8) is 0 Å². The van der Waals surface area contributed by atoms with E-state index in [4.69, 9.17) is 9.88 Å². The average Bonchev–Trinajstić information content (AvgIpc) is 3.15. The van der Waals surface area contributed by atoms with Crippen molar-refractivity contribution in [2.45, 2.75) is 25.8 Å². The fourth-order valence-corrected chi connectivity index (χ4v) is 3.53. The third kappa shape index (κ3) is 8.50. The standard InChI is InChI=1S/C18H31N5O3S.HI/c1-3-20-18(21-10-13-27(19,24)25)22-14-17(23-11-4-5-12-23)15-6-8-16(26-2)9-7-15;/h6-9,17H,3-5,10-14H2,1-2H3,(H2,19,24,25)(H2,20,21,22);1H. The topological polar surface area (TPSA) is 109 Å². The number of ether oxygens (including phenoxy) is 1. The van der Waals surface area contributed by atoms with E-state index < -0.39 is 10.0 Å². The average molecular weight is 525 g/mol. The molecule has 1 saturated heterocycles. The van der Waals surface area contributed by atoms with Gasteiger partial charge >= 0.3 is 0 Å². The van der Waals surface area contributed by atoms with Gasteiger partial charge in [0.2, 0.25) is 10.0 Å². The van der Waals surface area contributed by atoms with Gasteiger partial charge in [-0.3, -0.25) is 9.89 Å². The van der Waals surface area contributed by atoms with Crippen LogP contribution in [0.1, 0.15) is 31.4 Å². The molecule has 10 heteroatoms. The van der Waals surface area contributed by atoms with Crippen molar-refractivity contribution in [2.75, 3.05) is 45.6 Å². The quantitative estimate of drug-likeness (QED) is 0.255. The van der Waals surface area contributed by atoms with Crippen LogP contribution in [0, 0.1) is 0 Å². The minimum absolute atomic E-state index is 0. The maximum Gasteiger partial charge on any atom is 0.210 e. The van der Waals surface area contributed by atoms with Crippen molar-refractivity contribution in [1.82, 2.24) is 15.5 Å². The molecular weight excluding hydrogens is 493 g/mol. The van der Waals surface area contributed by atoms with Crippen LogP contribution in [0.4, 0.5) is 0 Å². The van der Waals surface area contributed by atoms with Gasteiger partial charge < -0.3 is 15.4 Å². The van der Waals surface area contributed by atoms with Crippen LogP contribution in [0.3, 0.4) is 0 Å². The van der Waals surface area contributed by atoms with E-state index in [0.29, 0.717) is 19.0 Å². The molecule has 0 aromatic heterocycles. The largest absolute Gasteiger partial charge is 0.497 e. The number of rotatable bonds is 9. The van der Waals surface area contributed by atoms with Crippen molar-refractivity contribution in [1.29, 1.82) is 0 Å². The molecule has 0 bridgehead atoms. The summed E-state index contributed by atoms with van der Waals surface area (Å²) in [5.41, 5.74) is 1.20. The summed E-state index contributed by atoms with van der Waals surface area (Å²) in [6.45, 7) is 5.58. The highest BCUT2D eigenvalue weighted by atomic mass is 127. The third-order valence-corrected chi connectivity index (χ3v) is 5.30. The Morgan fingerprint density at radius 2 is 1.89 bits per heavy atom. The summed E-state index contributed by atoms with van der Waals surface area (Å²) in [6.07, 6.45) is 2.39. The molecule has 0 saturated carbocycles. The summed E-state index contributed by atoms with van der Waals surface area (Å²) in [4.78, 5) is 7.13. The Bertz CT molecular complexity index is 706. The predicted octanol–water partition coefficient (Wildman–Crippen LogP) is 1.29. The monoisotopic (exact) mass is 525 g/mol. The lowest BCUT2D eigenvalue weighted by molar-refractivity contribution is 0.251. The van der Waals surface area contributed by atoms with Gasteiger partial charge in [0.1, 0.15) is 5.75 Å². The molecule has 1 unspecified atom stereocenters. The molecule has 1 aromatic carbocycles. The van der Waals surface area contributed by atoms with Crippen LogP contribution in [0.25, 0.3) is 0 Å². The Hall–Kier alpha value is -1.11. The van der Waals surface area contributed by atoms with Crippen LogP contribution in [0.15, 0.2) is 29.3 Å². The molecule has 0 radical (unpaired) electrons. The van der Waals surface area contributed by atoms with Crippen molar-refractivity contribution >= 4 is 40.0 Å². The summed E-state index contributed by atoms with van der Waals surface area (Å²) < 4.78 is 27.5. The van der Waals surface area contributed by atoms with E-state index in [9.17, 15) is 8.42 Å².